The number of ether oxygens (including phenoxy) is 1. The van der Waals surface area contributed by atoms with Crippen LogP contribution in [0.5, 0.6) is 5.75 Å². The molecule has 0 bridgehead atoms. The Bertz CT molecular complexity index is 1160. The van der Waals surface area contributed by atoms with E-state index in [4.69, 9.17) is 27.9 Å². The maximum absolute atomic E-state index is 12.9. The number of amides is 1. The molecule has 10 heteroatoms. The number of methoxy groups -OCH3 is 1. The minimum atomic E-state index is -0.177. The van der Waals surface area contributed by atoms with Crippen molar-refractivity contribution in [1.29, 1.82) is 0 Å². The minimum absolute atomic E-state index is 0.177. The highest BCUT2D eigenvalue weighted by Gasteiger charge is 2.22. The molecule has 0 spiro atoms. The monoisotopic (exact) mass is 530 g/mol. The molecule has 1 amide bonds. The van der Waals surface area contributed by atoms with E-state index in [9.17, 15) is 4.79 Å². The van der Waals surface area contributed by atoms with E-state index in [-0.39, 0.29) is 5.91 Å². The average molecular weight is 531 g/mol. The first-order valence-corrected chi connectivity index (χ1v) is 13.0. The van der Waals surface area contributed by atoms with Gasteiger partial charge in [0, 0.05) is 39.3 Å². The van der Waals surface area contributed by atoms with Crippen LogP contribution in [0.4, 0.5) is 5.69 Å². The largest absolute Gasteiger partial charge is 0.497 e. The van der Waals surface area contributed by atoms with Gasteiger partial charge in [0.1, 0.15) is 5.75 Å². The van der Waals surface area contributed by atoms with Crippen molar-refractivity contribution < 1.29 is 9.53 Å². The second-order valence-corrected chi connectivity index (χ2v) is 9.58. The highest BCUT2D eigenvalue weighted by atomic mass is 35.5. The van der Waals surface area contributed by atoms with Crippen LogP contribution in [0, 0.1) is 0 Å². The lowest BCUT2D eigenvalue weighted by Crippen LogP contribution is -2.48. The van der Waals surface area contributed by atoms with Gasteiger partial charge >= 0.3 is 0 Å². The standard InChI is InChI=1S/C26H32Cl2N6O2/c1-3-5-23-25(30-31-34(23)18-19-8-10-20(36-2)11-9-19)26(35)29-12-13-32-14-16-33(17-15-32)22-7-4-6-21(27)24(22)28/h4,6-11H,3,5,12-18H2,1-2H3,(H,29,35). The van der Waals surface area contributed by atoms with E-state index < -0.39 is 0 Å². The second-order valence-electron chi connectivity index (χ2n) is 8.80. The SMILES string of the molecule is CCCc1c(C(=O)NCCN2CCN(c3cccc(Cl)c3Cl)CC2)nnn1Cc1ccc(OC)cc1. The van der Waals surface area contributed by atoms with Gasteiger partial charge in [-0.3, -0.25) is 9.69 Å². The van der Waals surface area contributed by atoms with E-state index in [0.717, 1.165) is 68.3 Å². The van der Waals surface area contributed by atoms with Crippen LogP contribution in [0.3, 0.4) is 0 Å². The number of hydrogen-bond acceptors (Lipinski definition) is 6. The van der Waals surface area contributed by atoms with Crippen LogP contribution in [-0.2, 0) is 13.0 Å². The Labute approximate surface area is 222 Å². The highest BCUT2D eigenvalue weighted by molar-refractivity contribution is 6.43. The summed E-state index contributed by atoms with van der Waals surface area (Å²) in [6, 6.07) is 13.6. The fourth-order valence-electron chi connectivity index (χ4n) is 4.38. The van der Waals surface area contributed by atoms with Crippen LogP contribution in [-0.4, -0.2) is 72.2 Å². The van der Waals surface area contributed by atoms with Crippen molar-refractivity contribution in [2.24, 2.45) is 0 Å². The van der Waals surface area contributed by atoms with Gasteiger partial charge in [-0.2, -0.15) is 0 Å². The van der Waals surface area contributed by atoms with Crippen LogP contribution >= 0.6 is 23.2 Å². The van der Waals surface area contributed by atoms with Gasteiger partial charge in [-0.15, -0.1) is 5.10 Å². The zero-order valence-corrected chi connectivity index (χ0v) is 22.2. The van der Waals surface area contributed by atoms with Crippen molar-refractivity contribution in [3.05, 3.63) is 69.5 Å². The smallest absolute Gasteiger partial charge is 0.273 e. The summed E-state index contributed by atoms with van der Waals surface area (Å²) in [6.45, 7) is 7.45. The summed E-state index contributed by atoms with van der Waals surface area (Å²) in [7, 11) is 1.65. The Hall–Kier alpha value is -2.81. The molecule has 2 aromatic carbocycles. The Morgan fingerprint density at radius 2 is 1.83 bits per heavy atom. The Balaban J connectivity index is 1.29. The maximum Gasteiger partial charge on any atom is 0.273 e. The van der Waals surface area contributed by atoms with Gasteiger partial charge in [0.15, 0.2) is 5.69 Å². The normalized spacial score (nSPS) is 14.2. The van der Waals surface area contributed by atoms with Gasteiger partial charge in [0.25, 0.3) is 5.91 Å². The maximum atomic E-state index is 12.9. The molecule has 1 saturated heterocycles. The number of anilines is 1. The number of hydrogen-bond donors (Lipinski definition) is 1. The second kappa shape index (κ2) is 12.4. The van der Waals surface area contributed by atoms with Crippen LogP contribution in [0.1, 0.15) is 35.1 Å². The summed E-state index contributed by atoms with van der Waals surface area (Å²) in [6.07, 6.45) is 1.64. The predicted octanol–water partition coefficient (Wildman–Crippen LogP) is 4.15. The quantitative estimate of drug-likeness (QED) is 0.424. The number of carbonyl (C=O) groups is 1. The molecule has 0 aliphatic carbocycles. The van der Waals surface area contributed by atoms with Crippen LogP contribution in [0.25, 0.3) is 0 Å². The summed E-state index contributed by atoms with van der Waals surface area (Å²) >= 11 is 12.6. The summed E-state index contributed by atoms with van der Waals surface area (Å²) in [5, 5.41) is 12.7. The van der Waals surface area contributed by atoms with Crippen molar-refractivity contribution in [3.8, 4) is 5.75 Å². The first-order valence-electron chi connectivity index (χ1n) is 12.2. The molecule has 192 valence electrons. The number of benzene rings is 2. The van der Waals surface area contributed by atoms with Gasteiger partial charge in [0.05, 0.1) is 35.1 Å². The van der Waals surface area contributed by atoms with E-state index >= 15 is 0 Å². The minimum Gasteiger partial charge on any atom is -0.497 e. The van der Waals surface area contributed by atoms with E-state index in [1.165, 1.54) is 0 Å². The summed E-state index contributed by atoms with van der Waals surface area (Å²) < 4.78 is 7.05. The lowest BCUT2D eigenvalue weighted by Gasteiger charge is -2.36. The molecule has 0 atom stereocenters. The van der Waals surface area contributed by atoms with Crippen molar-refractivity contribution in [2.45, 2.75) is 26.3 Å². The zero-order chi connectivity index (χ0) is 25.5. The fraction of sp³-hybridized carbons (Fsp3) is 0.423. The summed E-state index contributed by atoms with van der Waals surface area (Å²) in [5.74, 6) is 0.629. The van der Waals surface area contributed by atoms with Crippen molar-refractivity contribution in [3.63, 3.8) is 0 Å². The molecule has 2 heterocycles. The van der Waals surface area contributed by atoms with Gasteiger partial charge in [-0.05, 0) is 36.2 Å². The highest BCUT2D eigenvalue weighted by Crippen LogP contribution is 2.32. The molecule has 1 fully saturated rings. The van der Waals surface area contributed by atoms with Crippen LogP contribution in [0.2, 0.25) is 10.0 Å². The van der Waals surface area contributed by atoms with Gasteiger partial charge in [-0.1, -0.05) is 60.0 Å². The van der Waals surface area contributed by atoms with Crippen molar-refractivity contribution in [1.82, 2.24) is 25.2 Å². The molecule has 1 aliphatic rings. The number of nitrogens with zero attached hydrogens (tertiary/aromatic N) is 5. The molecular formula is C26H32Cl2N6O2. The fourth-order valence-corrected chi connectivity index (χ4v) is 4.80. The third-order valence-electron chi connectivity index (χ3n) is 6.39. The number of halogens is 2. The first-order chi connectivity index (χ1) is 17.5. The van der Waals surface area contributed by atoms with E-state index in [0.29, 0.717) is 28.8 Å². The molecule has 36 heavy (non-hydrogen) atoms. The van der Waals surface area contributed by atoms with Crippen molar-refractivity contribution in [2.75, 3.05) is 51.3 Å². The average Bonchev–Trinajstić information content (AvgIpc) is 3.29. The number of rotatable bonds is 10. The van der Waals surface area contributed by atoms with Gasteiger partial charge < -0.3 is 15.0 Å². The molecule has 1 N–H and O–H groups in total. The van der Waals surface area contributed by atoms with Crippen LogP contribution < -0.4 is 15.0 Å². The van der Waals surface area contributed by atoms with Crippen molar-refractivity contribution >= 4 is 34.8 Å². The molecule has 1 aliphatic heterocycles. The third-order valence-corrected chi connectivity index (χ3v) is 7.20. The zero-order valence-electron chi connectivity index (χ0n) is 20.7. The number of carbonyl (C=O) groups excluding carboxylic acids is 1. The van der Waals surface area contributed by atoms with Gasteiger partial charge in [0.2, 0.25) is 0 Å². The number of piperazine rings is 1. The topological polar surface area (TPSA) is 75.5 Å². The molecule has 1 aromatic heterocycles. The van der Waals surface area contributed by atoms with E-state index in [2.05, 4.69) is 32.4 Å². The molecule has 4 rings (SSSR count). The third kappa shape index (κ3) is 6.30. The molecule has 8 nitrogen and oxygen atoms in total. The van der Waals surface area contributed by atoms with E-state index in [1.807, 2.05) is 41.1 Å². The lowest BCUT2D eigenvalue weighted by molar-refractivity contribution is 0.0941. The summed E-state index contributed by atoms with van der Waals surface area (Å²) in [4.78, 5) is 17.5. The predicted molar refractivity (Wildman–Crippen MR) is 144 cm³/mol. The number of nitrogens with one attached hydrogen (secondary N) is 1. The lowest BCUT2D eigenvalue weighted by atomic mass is 10.1. The van der Waals surface area contributed by atoms with Gasteiger partial charge in [-0.25, -0.2) is 4.68 Å². The Morgan fingerprint density at radius 1 is 1.08 bits per heavy atom. The summed E-state index contributed by atoms with van der Waals surface area (Å²) in [5.41, 5.74) is 3.31. The first kappa shape index (κ1) is 26.3. The molecule has 3 aromatic rings. The molecular weight excluding hydrogens is 499 g/mol. The molecule has 0 unspecified atom stereocenters. The van der Waals surface area contributed by atoms with E-state index in [1.54, 1.807) is 13.2 Å². The number of aromatic nitrogens is 3. The Morgan fingerprint density at radius 3 is 2.53 bits per heavy atom. The molecule has 0 radical (unpaired) electrons. The van der Waals surface area contributed by atoms with Crippen LogP contribution in [0.15, 0.2) is 42.5 Å². The Kier molecular flexibility index (Phi) is 9.07. The molecule has 0 saturated carbocycles.